The summed E-state index contributed by atoms with van der Waals surface area (Å²) >= 11 is 0. The van der Waals surface area contributed by atoms with E-state index < -0.39 is 23.6 Å². The van der Waals surface area contributed by atoms with Crippen LogP contribution >= 0.6 is 0 Å². The summed E-state index contributed by atoms with van der Waals surface area (Å²) in [6.07, 6.45) is -2.17. The maximum Gasteiger partial charge on any atom is 0.573 e. The Morgan fingerprint density at radius 1 is 1.10 bits per heavy atom. The number of ether oxygens (including phenoxy) is 1. The first-order chi connectivity index (χ1) is 9.37. The Bertz CT molecular complexity index is 627. The van der Waals surface area contributed by atoms with Crippen LogP contribution < -0.4 is 4.74 Å². The smallest absolute Gasteiger partial charge is 0.504 e. The van der Waals surface area contributed by atoms with Gasteiger partial charge in [-0.1, -0.05) is 0 Å². The lowest BCUT2D eigenvalue weighted by molar-refractivity contribution is -0.275. The SMILES string of the molecule is O=C(c1ccncc1)c1ccc(O)c(OC(F)(F)F)c1. The highest BCUT2D eigenvalue weighted by Gasteiger charge is 2.32. The number of nitrogens with zero attached hydrogens (tertiary/aromatic N) is 1. The number of phenolic OH excluding ortho intramolecular Hbond substituents is 1. The molecular weight excluding hydrogens is 275 g/mol. The second-order valence-electron chi connectivity index (χ2n) is 3.80. The number of benzene rings is 1. The predicted octanol–water partition coefficient (Wildman–Crippen LogP) is 2.92. The Hall–Kier alpha value is -2.57. The molecule has 0 saturated carbocycles. The number of aromatic hydroxyl groups is 1. The normalized spacial score (nSPS) is 11.2. The second kappa shape index (κ2) is 5.20. The van der Waals surface area contributed by atoms with Crippen LogP contribution in [-0.4, -0.2) is 22.2 Å². The van der Waals surface area contributed by atoms with Crippen LogP contribution in [0.2, 0.25) is 0 Å². The first-order valence-corrected chi connectivity index (χ1v) is 5.40. The summed E-state index contributed by atoms with van der Waals surface area (Å²) in [6, 6.07) is 5.88. The number of pyridine rings is 1. The van der Waals surface area contributed by atoms with Gasteiger partial charge in [0.1, 0.15) is 0 Å². The molecule has 0 atom stereocenters. The molecule has 1 aromatic heterocycles. The molecule has 1 heterocycles. The highest BCUT2D eigenvalue weighted by atomic mass is 19.4. The molecule has 0 bridgehead atoms. The zero-order valence-corrected chi connectivity index (χ0v) is 9.89. The van der Waals surface area contributed by atoms with Gasteiger partial charge in [-0.2, -0.15) is 0 Å². The van der Waals surface area contributed by atoms with E-state index in [0.29, 0.717) is 0 Å². The third kappa shape index (κ3) is 3.25. The third-order valence-electron chi connectivity index (χ3n) is 2.39. The summed E-state index contributed by atoms with van der Waals surface area (Å²) in [5.74, 6) is -2.02. The number of halogens is 3. The molecule has 0 spiro atoms. The summed E-state index contributed by atoms with van der Waals surface area (Å²) in [7, 11) is 0. The monoisotopic (exact) mass is 283 g/mol. The Kier molecular flexibility index (Phi) is 3.60. The van der Waals surface area contributed by atoms with Crippen molar-refractivity contribution in [1.29, 1.82) is 0 Å². The molecule has 0 fully saturated rings. The Morgan fingerprint density at radius 3 is 2.35 bits per heavy atom. The maximum atomic E-state index is 12.2. The molecule has 0 aliphatic rings. The molecule has 0 amide bonds. The molecule has 2 aromatic rings. The average molecular weight is 283 g/mol. The van der Waals surface area contributed by atoms with E-state index in [1.54, 1.807) is 0 Å². The van der Waals surface area contributed by atoms with Crippen molar-refractivity contribution in [3.63, 3.8) is 0 Å². The van der Waals surface area contributed by atoms with Crippen LogP contribution in [0.25, 0.3) is 0 Å². The van der Waals surface area contributed by atoms with Crippen molar-refractivity contribution in [2.75, 3.05) is 0 Å². The number of hydrogen-bond donors (Lipinski definition) is 1. The molecule has 0 saturated heterocycles. The minimum absolute atomic E-state index is 0.0340. The summed E-state index contributed by atoms with van der Waals surface area (Å²) in [4.78, 5) is 15.8. The molecule has 7 heteroatoms. The topological polar surface area (TPSA) is 59.4 Å². The Morgan fingerprint density at radius 2 is 1.75 bits per heavy atom. The van der Waals surface area contributed by atoms with E-state index in [1.165, 1.54) is 30.6 Å². The van der Waals surface area contributed by atoms with Gasteiger partial charge >= 0.3 is 6.36 Å². The van der Waals surface area contributed by atoms with Gasteiger partial charge < -0.3 is 9.84 Å². The first kappa shape index (κ1) is 13.9. The van der Waals surface area contributed by atoms with E-state index in [0.717, 1.165) is 12.1 Å². The van der Waals surface area contributed by atoms with Crippen LogP contribution in [0.4, 0.5) is 13.2 Å². The van der Waals surface area contributed by atoms with E-state index in [-0.39, 0.29) is 11.1 Å². The Labute approximate surface area is 111 Å². The number of carbonyl (C=O) groups is 1. The number of rotatable bonds is 3. The minimum atomic E-state index is -4.95. The molecule has 20 heavy (non-hydrogen) atoms. The van der Waals surface area contributed by atoms with Crippen molar-refractivity contribution in [1.82, 2.24) is 4.98 Å². The molecule has 0 radical (unpaired) electrons. The van der Waals surface area contributed by atoms with Crippen LogP contribution in [0.15, 0.2) is 42.7 Å². The van der Waals surface area contributed by atoms with E-state index >= 15 is 0 Å². The fourth-order valence-electron chi connectivity index (χ4n) is 1.53. The van der Waals surface area contributed by atoms with Crippen LogP contribution in [0.5, 0.6) is 11.5 Å². The van der Waals surface area contributed by atoms with Crippen molar-refractivity contribution in [2.24, 2.45) is 0 Å². The van der Waals surface area contributed by atoms with E-state index in [9.17, 15) is 23.1 Å². The largest absolute Gasteiger partial charge is 0.573 e. The number of aromatic nitrogens is 1. The zero-order valence-electron chi connectivity index (χ0n) is 9.89. The van der Waals surface area contributed by atoms with Crippen molar-refractivity contribution < 1.29 is 27.8 Å². The fourth-order valence-corrected chi connectivity index (χ4v) is 1.53. The quantitative estimate of drug-likeness (QED) is 0.880. The summed E-state index contributed by atoms with van der Waals surface area (Å²) in [6.45, 7) is 0. The highest BCUT2D eigenvalue weighted by Crippen LogP contribution is 2.32. The first-order valence-electron chi connectivity index (χ1n) is 5.40. The fraction of sp³-hybridized carbons (Fsp3) is 0.0769. The van der Waals surface area contributed by atoms with Gasteiger partial charge in [0.25, 0.3) is 0 Å². The van der Waals surface area contributed by atoms with E-state index in [1.807, 2.05) is 0 Å². The van der Waals surface area contributed by atoms with Gasteiger partial charge in [-0.05, 0) is 30.3 Å². The molecule has 2 rings (SSSR count). The molecular formula is C13H8F3NO3. The van der Waals surface area contributed by atoms with Crippen LogP contribution in [0.3, 0.4) is 0 Å². The summed E-state index contributed by atoms with van der Waals surface area (Å²) in [5.41, 5.74) is 0.233. The Balaban J connectivity index is 2.34. The number of ketones is 1. The van der Waals surface area contributed by atoms with Crippen molar-refractivity contribution >= 4 is 5.78 Å². The van der Waals surface area contributed by atoms with Crippen LogP contribution in [0.1, 0.15) is 15.9 Å². The lowest BCUT2D eigenvalue weighted by atomic mass is 10.0. The predicted molar refractivity (Wildman–Crippen MR) is 62.5 cm³/mol. The van der Waals surface area contributed by atoms with Crippen molar-refractivity contribution in [3.8, 4) is 11.5 Å². The number of phenols is 1. The van der Waals surface area contributed by atoms with E-state index in [4.69, 9.17) is 0 Å². The molecule has 0 aliphatic carbocycles. The second-order valence-corrected chi connectivity index (χ2v) is 3.80. The van der Waals surface area contributed by atoms with Gasteiger partial charge in [0, 0.05) is 23.5 Å². The molecule has 1 N–H and O–H groups in total. The van der Waals surface area contributed by atoms with Crippen molar-refractivity contribution in [2.45, 2.75) is 6.36 Å². The van der Waals surface area contributed by atoms with Gasteiger partial charge in [0.2, 0.25) is 0 Å². The van der Waals surface area contributed by atoms with Gasteiger partial charge in [-0.3, -0.25) is 9.78 Å². The molecule has 1 aromatic carbocycles. The number of alkyl halides is 3. The minimum Gasteiger partial charge on any atom is -0.504 e. The lowest BCUT2D eigenvalue weighted by Gasteiger charge is -2.11. The van der Waals surface area contributed by atoms with E-state index in [2.05, 4.69) is 9.72 Å². The zero-order chi connectivity index (χ0) is 14.8. The summed E-state index contributed by atoms with van der Waals surface area (Å²) in [5, 5.41) is 9.30. The van der Waals surface area contributed by atoms with Gasteiger partial charge in [-0.25, -0.2) is 0 Å². The van der Waals surface area contributed by atoms with Crippen LogP contribution in [-0.2, 0) is 0 Å². The maximum absolute atomic E-state index is 12.2. The lowest BCUT2D eigenvalue weighted by Crippen LogP contribution is -2.17. The molecule has 0 unspecified atom stereocenters. The third-order valence-corrected chi connectivity index (χ3v) is 2.39. The van der Waals surface area contributed by atoms with Gasteiger partial charge in [0.15, 0.2) is 17.3 Å². The summed E-state index contributed by atoms with van der Waals surface area (Å²) < 4.78 is 40.1. The molecule has 4 nitrogen and oxygen atoms in total. The van der Waals surface area contributed by atoms with Crippen molar-refractivity contribution in [3.05, 3.63) is 53.9 Å². The van der Waals surface area contributed by atoms with Gasteiger partial charge in [0.05, 0.1) is 0 Å². The highest BCUT2D eigenvalue weighted by molar-refractivity contribution is 6.09. The van der Waals surface area contributed by atoms with Crippen LogP contribution in [0, 0.1) is 0 Å². The number of hydrogen-bond acceptors (Lipinski definition) is 4. The van der Waals surface area contributed by atoms with Gasteiger partial charge in [-0.15, -0.1) is 13.2 Å². The standard InChI is InChI=1S/C13H8F3NO3/c14-13(15,16)20-11-7-9(1-2-10(11)18)12(19)8-3-5-17-6-4-8/h1-7,18H. The molecule has 0 aliphatic heterocycles. The molecule has 104 valence electrons. The number of carbonyl (C=O) groups excluding carboxylic acids is 1. The average Bonchev–Trinajstić information content (AvgIpc) is 2.40.